The van der Waals surface area contributed by atoms with Crippen molar-refractivity contribution in [1.82, 2.24) is 9.97 Å². The molecule has 0 spiro atoms. The molecule has 2 aromatic carbocycles. The molecule has 0 radical (unpaired) electrons. The third-order valence-corrected chi connectivity index (χ3v) is 4.48. The van der Waals surface area contributed by atoms with Gasteiger partial charge in [0.1, 0.15) is 5.82 Å². The number of methoxy groups -OCH3 is 1. The molecule has 0 unspecified atom stereocenters. The van der Waals surface area contributed by atoms with Crippen LogP contribution in [0.5, 0.6) is 11.5 Å². The number of benzene rings is 2. The van der Waals surface area contributed by atoms with Gasteiger partial charge in [0.15, 0.2) is 11.5 Å². The van der Waals surface area contributed by atoms with Crippen molar-refractivity contribution in [3.63, 3.8) is 0 Å². The first-order valence-corrected chi connectivity index (χ1v) is 8.30. The third-order valence-electron chi connectivity index (χ3n) is 3.89. The van der Waals surface area contributed by atoms with Gasteiger partial charge in [-0.05, 0) is 72.1 Å². The number of aryl methyl sites for hydroxylation is 2. The van der Waals surface area contributed by atoms with Crippen LogP contribution in [0.2, 0.25) is 0 Å². The van der Waals surface area contributed by atoms with E-state index in [1.54, 1.807) is 7.11 Å². The monoisotopic (exact) mass is 374 g/mol. The van der Waals surface area contributed by atoms with Gasteiger partial charge in [-0.25, -0.2) is 4.98 Å². The number of nitrogens with zero attached hydrogens (tertiary/aromatic N) is 1. The number of halogens is 1. The van der Waals surface area contributed by atoms with Crippen molar-refractivity contribution in [2.45, 2.75) is 20.8 Å². The fourth-order valence-electron chi connectivity index (χ4n) is 2.55. The molecule has 5 heteroatoms. The molecule has 0 saturated heterocycles. The van der Waals surface area contributed by atoms with Crippen LogP contribution in [0.1, 0.15) is 18.1 Å². The Morgan fingerprint density at radius 3 is 2.57 bits per heavy atom. The summed E-state index contributed by atoms with van der Waals surface area (Å²) in [5.41, 5.74) is 5.43. The van der Waals surface area contributed by atoms with Gasteiger partial charge < -0.3 is 14.5 Å². The van der Waals surface area contributed by atoms with E-state index < -0.39 is 0 Å². The maximum Gasteiger partial charge on any atom is 0.175 e. The Morgan fingerprint density at radius 1 is 1.13 bits per heavy atom. The number of rotatable bonds is 4. The first kappa shape index (κ1) is 15.9. The van der Waals surface area contributed by atoms with Gasteiger partial charge in [-0.15, -0.1) is 0 Å². The van der Waals surface area contributed by atoms with Crippen LogP contribution < -0.4 is 9.47 Å². The Kier molecular flexibility index (Phi) is 4.31. The van der Waals surface area contributed by atoms with Crippen molar-refractivity contribution in [3.8, 4) is 22.9 Å². The van der Waals surface area contributed by atoms with Crippen molar-refractivity contribution >= 4 is 27.0 Å². The van der Waals surface area contributed by atoms with Crippen molar-refractivity contribution in [2.75, 3.05) is 13.7 Å². The predicted molar refractivity (Wildman–Crippen MR) is 96.4 cm³/mol. The molecule has 0 saturated carbocycles. The number of hydrogen-bond donors (Lipinski definition) is 1. The van der Waals surface area contributed by atoms with E-state index in [1.165, 1.54) is 11.1 Å². The minimum absolute atomic E-state index is 0.581. The lowest BCUT2D eigenvalue weighted by molar-refractivity contribution is 0.309. The molecule has 0 bridgehead atoms. The second-order valence-corrected chi connectivity index (χ2v) is 6.32. The molecule has 3 aromatic rings. The second kappa shape index (κ2) is 6.24. The van der Waals surface area contributed by atoms with Crippen molar-refractivity contribution in [3.05, 3.63) is 39.9 Å². The Balaban J connectivity index is 2.13. The molecule has 0 aliphatic carbocycles. The molecule has 3 rings (SSSR count). The lowest BCUT2D eigenvalue weighted by atomic mass is 10.1. The average Bonchev–Trinajstić information content (AvgIpc) is 2.92. The molecular formula is C18H19BrN2O2. The fourth-order valence-corrected chi connectivity index (χ4v) is 3.10. The van der Waals surface area contributed by atoms with Crippen molar-refractivity contribution in [1.29, 1.82) is 0 Å². The summed E-state index contributed by atoms with van der Waals surface area (Å²) in [5.74, 6) is 2.21. The van der Waals surface area contributed by atoms with E-state index in [1.807, 2.05) is 19.1 Å². The zero-order valence-corrected chi connectivity index (χ0v) is 15.2. The molecule has 1 N–H and O–H groups in total. The predicted octanol–water partition coefficient (Wildman–Crippen LogP) is 5.02. The maximum absolute atomic E-state index is 5.64. The van der Waals surface area contributed by atoms with Gasteiger partial charge in [-0.2, -0.15) is 0 Å². The summed E-state index contributed by atoms with van der Waals surface area (Å²) in [5, 5.41) is 0. The molecule has 1 heterocycles. The molecule has 0 amide bonds. The minimum Gasteiger partial charge on any atom is -0.493 e. The van der Waals surface area contributed by atoms with Gasteiger partial charge in [0.2, 0.25) is 0 Å². The van der Waals surface area contributed by atoms with Crippen LogP contribution in [0, 0.1) is 13.8 Å². The normalized spacial score (nSPS) is 11.0. The highest BCUT2D eigenvalue weighted by Crippen LogP contribution is 2.39. The van der Waals surface area contributed by atoms with Crippen LogP contribution >= 0.6 is 15.9 Å². The number of aromatic amines is 1. The minimum atomic E-state index is 0.581. The molecule has 23 heavy (non-hydrogen) atoms. The van der Waals surface area contributed by atoms with Gasteiger partial charge in [-0.1, -0.05) is 0 Å². The van der Waals surface area contributed by atoms with E-state index in [-0.39, 0.29) is 0 Å². The number of hydrogen-bond acceptors (Lipinski definition) is 3. The Hall–Kier alpha value is -2.01. The fraction of sp³-hybridized carbons (Fsp3) is 0.278. The number of ether oxygens (including phenoxy) is 2. The first-order chi connectivity index (χ1) is 11.0. The van der Waals surface area contributed by atoms with Gasteiger partial charge in [0.05, 0.1) is 29.2 Å². The molecule has 4 nitrogen and oxygen atoms in total. The summed E-state index contributed by atoms with van der Waals surface area (Å²) in [7, 11) is 1.64. The molecule has 0 fully saturated rings. The standard InChI is InChI=1S/C18H19BrN2O2/c1-5-23-17-13(19)8-12(9-16(17)22-4)18-20-14-6-10(2)11(3)7-15(14)21-18/h6-9H,5H2,1-4H3,(H,20,21). The van der Waals surface area contributed by atoms with Crippen LogP contribution in [0.3, 0.4) is 0 Å². The van der Waals surface area contributed by atoms with Crippen LogP contribution in [0.25, 0.3) is 22.4 Å². The highest BCUT2D eigenvalue weighted by Gasteiger charge is 2.14. The van der Waals surface area contributed by atoms with Crippen LogP contribution in [-0.2, 0) is 0 Å². The van der Waals surface area contributed by atoms with E-state index in [4.69, 9.17) is 14.5 Å². The lowest BCUT2D eigenvalue weighted by Gasteiger charge is -2.12. The topological polar surface area (TPSA) is 47.1 Å². The lowest BCUT2D eigenvalue weighted by Crippen LogP contribution is -1.97. The van der Waals surface area contributed by atoms with Crippen LogP contribution in [-0.4, -0.2) is 23.7 Å². The van der Waals surface area contributed by atoms with Gasteiger partial charge in [0.25, 0.3) is 0 Å². The molecule has 120 valence electrons. The molecule has 0 aliphatic rings. The molecule has 1 aromatic heterocycles. The summed E-state index contributed by atoms with van der Waals surface area (Å²) < 4.78 is 11.9. The van der Waals surface area contributed by atoms with Crippen molar-refractivity contribution in [2.24, 2.45) is 0 Å². The smallest absolute Gasteiger partial charge is 0.175 e. The van der Waals surface area contributed by atoms with E-state index in [2.05, 4.69) is 46.9 Å². The highest BCUT2D eigenvalue weighted by molar-refractivity contribution is 9.10. The zero-order chi connectivity index (χ0) is 16.6. The maximum atomic E-state index is 5.64. The van der Waals surface area contributed by atoms with Crippen LogP contribution in [0.4, 0.5) is 0 Å². The average molecular weight is 375 g/mol. The van der Waals surface area contributed by atoms with Crippen molar-refractivity contribution < 1.29 is 9.47 Å². The number of H-pyrrole nitrogens is 1. The largest absolute Gasteiger partial charge is 0.493 e. The number of nitrogens with one attached hydrogen (secondary N) is 1. The molecule has 0 aliphatic heterocycles. The number of fused-ring (bicyclic) bond motifs is 1. The van der Waals surface area contributed by atoms with Gasteiger partial charge in [0, 0.05) is 5.56 Å². The van der Waals surface area contributed by atoms with E-state index in [9.17, 15) is 0 Å². The highest BCUT2D eigenvalue weighted by atomic mass is 79.9. The van der Waals surface area contributed by atoms with E-state index >= 15 is 0 Å². The van der Waals surface area contributed by atoms with Crippen LogP contribution in [0.15, 0.2) is 28.7 Å². The summed E-state index contributed by atoms with van der Waals surface area (Å²) >= 11 is 3.56. The van der Waals surface area contributed by atoms with Gasteiger partial charge in [-0.3, -0.25) is 0 Å². The number of imidazole rings is 1. The SMILES string of the molecule is CCOc1c(Br)cc(-c2nc3cc(C)c(C)cc3[nH]2)cc1OC. The summed E-state index contributed by atoms with van der Waals surface area (Å²) in [6.45, 7) is 6.73. The quantitative estimate of drug-likeness (QED) is 0.697. The zero-order valence-electron chi connectivity index (χ0n) is 13.7. The van der Waals surface area contributed by atoms with E-state index in [0.717, 1.165) is 26.9 Å². The summed E-state index contributed by atoms with van der Waals surface area (Å²) in [6.07, 6.45) is 0. The summed E-state index contributed by atoms with van der Waals surface area (Å²) in [6, 6.07) is 8.16. The summed E-state index contributed by atoms with van der Waals surface area (Å²) in [4.78, 5) is 8.09. The Bertz CT molecular complexity index is 832. The Labute approximate surface area is 144 Å². The molecular weight excluding hydrogens is 356 g/mol. The van der Waals surface area contributed by atoms with Gasteiger partial charge >= 0.3 is 0 Å². The number of aromatic nitrogens is 2. The van der Waals surface area contributed by atoms with E-state index in [0.29, 0.717) is 18.1 Å². The second-order valence-electron chi connectivity index (χ2n) is 5.46. The third kappa shape index (κ3) is 2.93. The Morgan fingerprint density at radius 2 is 1.87 bits per heavy atom. The molecule has 0 atom stereocenters. The first-order valence-electron chi connectivity index (χ1n) is 7.51.